The number of piperazine rings is 1. The fraction of sp³-hybridized carbons (Fsp3) is 0.321. The monoisotopic (exact) mass is 502 g/mol. The topological polar surface area (TPSA) is 78.7 Å². The van der Waals surface area contributed by atoms with Gasteiger partial charge in [-0.25, -0.2) is 4.98 Å². The van der Waals surface area contributed by atoms with Crippen LogP contribution in [0.15, 0.2) is 71.9 Å². The van der Waals surface area contributed by atoms with Crippen LogP contribution in [0.1, 0.15) is 33.2 Å². The number of thioether (sulfide) groups is 1. The minimum atomic E-state index is -0.167. The number of methoxy groups -OCH3 is 1. The first-order chi connectivity index (χ1) is 17.6. The second-order valence-electron chi connectivity index (χ2n) is 8.54. The van der Waals surface area contributed by atoms with E-state index in [1.54, 1.807) is 25.4 Å². The molecule has 1 fully saturated rings. The van der Waals surface area contributed by atoms with Gasteiger partial charge in [0.2, 0.25) is 0 Å². The molecule has 0 aliphatic carbocycles. The second kappa shape index (κ2) is 12.5. The number of amides is 1. The van der Waals surface area contributed by atoms with E-state index in [1.807, 2.05) is 53.6 Å². The van der Waals surface area contributed by atoms with E-state index >= 15 is 0 Å². The zero-order chi connectivity index (χ0) is 25.3. The first kappa shape index (κ1) is 25.7. The maximum Gasteiger partial charge on any atom is 0.256 e. The van der Waals surface area contributed by atoms with Crippen LogP contribution in [-0.4, -0.2) is 66.8 Å². The molecule has 1 aromatic heterocycles. The molecule has 8 heteroatoms. The predicted molar refractivity (Wildman–Crippen MR) is 140 cm³/mol. The summed E-state index contributed by atoms with van der Waals surface area (Å²) in [7, 11) is 1.66. The van der Waals surface area contributed by atoms with Crippen molar-refractivity contribution in [3.63, 3.8) is 0 Å². The standard InChI is InChI=1S/C28H30N4O3S/c1-34-24-6-3-5-23(17-24)26(35-20-22-10-8-21(18-29)9-11-22)19-31-13-15-32(16-14-31)28(33)25-7-4-12-30-27(25)36-2/h3-12,17,26H,13-16,19-20H2,1-2H3/t26-/m1/s1. The van der Waals surface area contributed by atoms with E-state index in [0.29, 0.717) is 37.4 Å². The summed E-state index contributed by atoms with van der Waals surface area (Å²) in [5.41, 5.74) is 3.35. The molecule has 0 saturated carbocycles. The molecule has 1 amide bonds. The Morgan fingerprint density at radius 3 is 2.58 bits per heavy atom. The number of aromatic nitrogens is 1. The number of pyridine rings is 1. The molecule has 0 N–H and O–H groups in total. The van der Waals surface area contributed by atoms with Gasteiger partial charge in [-0.1, -0.05) is 24.3 Å². The van der Waals surface area contributed by atoms with E-state index in [-0.39, 0.29) is 12.0 Å². The minimum Gasteiger partial charge on any atom is -0.497 e. The van der Waals surface area contributed by atoms with Gasteiger partial charge >= 0.3 is 0 Å². The molecule has 2 aromatic carbocycles. The molecule has 0 radical (unpaired) electrons. The third-order valence-corrected chi connectivity index (χ3v) is 6.99. The van der Waals surface area contributed by atoms with Crippen LogP contribution in [0.5, 0.6) is 5.75 Å². The van der Waals surface area contributed by atoms with Crippen molar-refractivity contribution in [2.24, 2.45) is 0 Å². The Balaban J connectivity index is 1.41. The Kier molecular flexibility index (Phi) is 8.95. The summed E-state index contributed by atoms with van der Waals surface area (Å²) in [5, 5.41) is 9.81. The van der Waals surface area contributed by atoms with Crippen LogP contribution in [0.4, 0.5) is 0 Å². The number of carbonyl (C=O) groups is 1. The van der Waals surface area contributed by atoms with Crippen LogP contribution in [-0.2, 0) is 11.3 Å². The average Bonchev–Trinajstić information content (AvgIpc) is 2.95. The smallest absolute Gasteiger partial charge is 0.256 e. The zero-order valence-corrected chi connectivity index (χ0v) is 21.4. The molecule has 186 valence electrons. The van der Waals surface area contributed by atoms with Gasteiger partial charge in [0.25, 0.3) is 5.91 Å². The fourth-order valence-electron chi connectivity index (χ4n) is 4.22. The lowest BCUT2D eigenvalue weighted by Gasteiger charge is -2.36. The molecule has 1 atom stereocenters. The van der Waals surface area contributed by atoms with Crippen LogP contribution in [0.25, 0.3) is 0 Å². The van der Waals surface area contributed by atoms with Crippen LogP contribution >= 0.6 is 11.8 Å². The summed E-state index contributed by atoms with van der Waals surface area (Å²) in [4.78, 5) is 21.7. The van der Waals surface area contributed by atoms with Gasteiger partial charge in [-0.3, -0.25) is 9.69 Å². The molecule has 0 unspecified atom stereocenters. The van der Waals surface area contributed by atoms with Crippen molar-refractivity contribution in [1.29, 1.82) is 5.26 Å². The third kappa shape index (κ3) is 6.43. The maximum absolute atomic E-state index is 13.1. The molecule has 1 saturated heterocycles. The number of ether oxygens (including phenoxy) is 2. The second-order valence-corrected chi connectivity index (χ2v) is 9.33. The first-order valence-electron chi connectivity index (χ1n) is 11.9. The molecule has 36 heavy (non-hydrogen) atoms. The summed E-state index contributed by atoms with van der Waals surface area (Å²) in [6, 6.07) is 21.2. The quantitative estimate of drug-likeness (QED) is 0.401. The zero-order valence-electron chi connectivity index (χ0n) is 20.6. The van der Waals surface area contributed by atoms with Gasteiger partial charge in [0.05, 0.1) is 37.0 Å². The van der Waals surface area contributed by atoms with Crippen molar-refractivity contribution < 1.29 is 14.3 Å². The average molecular weight is 503 g/mol. The molecule has 0 spiro atoms. The van der Waals surface area contributed by atoms with E-state index in [4.69, 9.17) is 14.7 Å². The number of nitriles is 1. The van der Waals surface area contributed by atoms with Crippen molar-refractivity contribution in [2.45, 2.75) is 17.7 Å². The maximum atomic E-state index is 13.1. The minimum absolute atomic E-state index is 0.0357. The van der Waals surface area contributed by atoms with Crippen molar-refractivity contribution in [3.8, 4) is 11.8 Å². The number of hydrogen-bond acceptors (Lipinski definition) is 7. The highest BCUT2D eigenvalue weighted by molar-refractivity contribution is 7.98. The molecule has 1 aliphatic heterocycles. The summed E-state index contributed by atoms with van der Waals surface area (Å²) in [6.07, 6.45) is 3.49. The largest absolute Gasteiger partial charge is 0.497 e. The summed E-state index contributed by atoms with van der Waals surface area (Å²) >= 11 is 1.49. The fourth-order valence-corrected chi connectivity index (χ4v) is 4.76. The Bertz CT molecular complexity index is 1200. The number of rotatable bonds is 9. The number of hydrogen-bond donors (Lipinski definition) is 0. The van der Waals surface area contributed by atoms with Crippen molar-refractivity contribution in [3.05, 3.63) is 89.1 Å². The molecule has 7 nitrogen and oxygen atoms in total. The molecular formula is C28H30N4O3S. The lowest BCUT2D eigenvalue weighted by molar-refractivity contribution is 0.00329. The Labute approximate surface area is 216 Å². The Hall–Kier alpha value is -3.38. The number of carbonyl (C=O) groups excluding carboxylic acids is 1. The lowest BCUT2D eigenvalue weighted by Crippen LogP contribution is -2.49. The number of benzene rings is 2. The van der Waals surface area contributed by atoms with Crippen LogP contribution < -0.4 is 4.74 Å². The van der Waals surface area contributed by atoms with Gasteiger partial charge in [0.15, 0.2) is 0 Å². The van der Waals surface area contributed by atoms with E-state index in [0.717, 1.165) is 35.0 Å². The molecule has 3 aromatic rings. The van der Waals surface area contributed by atoms with E-state index in [2.05, 4.69) is 22.0 Å². The van der Waals surface area contributed by atoms with E-state index in [1.165, 1.54) is 11.8 Å². The Morgan fingerprint density at radius 1 is 1.11 bits per heavy atom. The van der Waals surface area contributed by atoms with Crippen molar-refractivity contribution >= 4 is 17.7 Å². The van der Waals surface area contributed by atoms with Gasteiger partial charge in [-0.05, 0) is 53.8 Å². The summed E-state index contributed by atoms with van der Waals surface area (Å²) in [6.45, 7) is 3.98. The van der Waals surface area contributed by atoms with Gasteiger partial charge in [0.1, 0.15) is 10.8 Å². The highest BCUT2D eigenvalue weighted by Gasteiger charge is 2.26. The van der Waals surface area contributed by atoms with E-state index in [9.17, 15) is 4.79 Å². The number of nitrogens with zero attached hydrogens (tertiary/aromatic N) is 4. The normalized spacial score (nSPS) is 14.8. The van der Waals surface area contributed by atoms with Crippen LogP contribution in [0, 0.1) is 11.3 Å². The highest BCUT2D eigenvalue weighted by atomic mass is 32.2. The Morgan fingerprint density at radius 2 is 1.89 bits per heavy atom. The first-order valence-corrected chi connectivity index (χ1v) is 13.1. The van der Waals surface area contributed by atoms with Crippen LogP contribution in [0.3, 0.4) is 0 Å². The molecule has 1 aliphatic rings. The van der Waals surface area contributed by atoms with Gasteiger partial charge in [-0.2, -0.15) is 5.26 Å². The molecular weight excluding hydrogens is 472 g/mol. The summed E-state index contributed by atoms with van der Waals surface area (Å²) in [5.74, 6) is 0.824. The van der Waals surface area contributed by atoms with Crippen LogP contribution in [0.2, 0.25) is 0 Å². The lowest BCUT2D eigenvalue weighted by atomic mass is 10.1. The highest BCUT2D eigenvalue weighted by Crippen LogP contribution is 2.26. The molecule has 2 heterocycles. The SMILES string of the molecule is COc1cccc([C@@H](CN2CCN(C(=O)c3cccnc3SC)CC2)OCc2ccc(C#N)cc2)c1. The van der Waals surface area contributed by atoms with Crippen molar-refractivity contribution in [2.75, 3.05) is 46.1 Å². The molecule has 0 bridgehead atoms. The van der Waals surface area contributed by atoms with Gasteiger partial charge in [-0.15, -0.1) is 11.8 Å². The van der Waals surface area contributed by atoms with E-state index < -0.39 is 0 Å². The van der Waals surface area contributed by atoms with Gasteiger partial charge < -0.3 is 14.4 Å². The third-order valence-electron chi connectivity index (χ3n) is 6.28. The summed E-state index contributed by atoms with van der Waals surface area (Å²) < 4.78 is 11.8. The van der Waals surface area contributed by atoms with Gasteiger partial charge in [0, 0.05) is 38.9 Å². The predicted octanol–water partition coefficient (Wildman–Crippen LogP) is 4.40. The van der Waals surface area contributed by atoms with Crippen molar-refractivity contribution in [1.82, 2.24) is 14.8 Å². The molecule has 4 rings (SSSR count).